The predicted molar refractivity (Wildman–Crippen MR) is 83.3 cm³/mol. The van der Waals surface area contributed by atoms with Crippen molar-refractivity contribution in [3.63, 3.8) is 0 Å². The summed E-state index contributed by atoms with van der Waals surface area (Å²) in [5.74, 6) is -0.352. The SMILES string of the molecule is C[C@H](Oc1ccc(Cl)cc1)C(=O)OCC(=O)c1ccccc1. The van der Waals surface area contributed by atoms with E-state index in [0.717, 1.165) is 0 Å². The van der Waals surface area contributed by atoms with Crippen molar-refractivity contribution in [2.24, 2.45) is 0 Å². The quantitative estimate of drug-likeness (QED) is 0.604. The van der Waals surface area contributed by atoms with E-state index in [-0.39, 0.29) is 12.4 Å². The monoisotopic (exact) mass is 318 g/mol. The number of ketones is 1. The number of hydrogen-bond donors (Lipinski definition) is 0. The third-order valence-electron chi connectivity index (χ3n) is 2.90. The third-order valence-corrected chi connectivity index (χ3v) is 3.15. The fourth-order valence-corrected chi connectivity index (χ4v) is 1.85. The Bertz CT molecular complexity index is 637. The molecule has 0 aliphatic rings. The van der Waals surface area contributed by atoms with Crippen LogP contribution in [-0.2, 0) is 9.53 Å². The van der Waals surface area contributed by atoms with Crippen molar-refractivity contribution in [2.45, 2.75) is 13.0 Å². The van der Waals surface area contributed by atoms with Gasteiger partial charge in [-0.3, -0.25) is 4.79 Å². The number of esters is 1. The Kier molecular flexibility index (Phi) is 5.55. The summed E-state index contributed by atoms with van der Waals surface area (Å²) in [5.41, 5.74) is 0.501. The average molecular weight is 319 g/mol. The lowest BCUT2D eigenvalue weighted by molar-refractivity contribution is -0.149. The van der Waals surface area contributed by atoms with Crippen molar-refractivity contribution < 1.29 is 19.1 Å². The second kappa shape index (κ2) is 7.61. The van der Waals surface area contributed by atoms with Gasteiger partial charge in [-0.25, -0.2) is 4.79 Å². The van der Waals surface area contributed by atoms with Gasteiger partial charge in [0.2, 0.25) is 0 Å². The number of ether oxygens (including phenoxy) is 2. The minimum absolute atomic E-state index is 0.257. The molecule has 2 aromatic rings. The van der Waals surface area contributed by atoms with E-state index >= 15 is 0 Å². The Balaban J connectivity index is 1.84. The van der Waals surface area contributed by atoms with E-state index in [1.54, 1.807) is 55.5 Å². The normalized spacial score (nSPS) is 11.5. The highest BCUT2D eigenvalue weighted by molar-refractivity contribution is 6.30. The highest BCUT2D eigenvalue weighted by atomic mass is 35.5. The molecule has 114 valence electrons. The maximum atomic E-state index is 11.8. The van der Waals surface area contributed by atoms with Crippen LogP contribution >= 0.6 is 11.6 Å². The van der Waals surface area contributed by atoms with E-state index in [1.807, 2.05) is 6.07 Å². The first-order valence-electron chi connectivity index (χ1n) is 6.73. The Morgan fingerprint density at radius 1 is 1.05 bits per heavy atom. The molecule has 0 spiro atoms. The average Bonchev–Trinajstić information content (AvgIpc) is 2.55. The minimum atomic E-state index is -0.815. The van der Waals surface area contributed by atoms with Gasteiger partial charge >= 0.3 is 5.97 Å². The van der Waals surface area contributed by atoms with Gasteiger partial charge in [0, 0.05) is 10.6 Å². The molecular weight excluding hydrogens is 304 g/mol. The van der Waals surface area contributed by atoms with Crippen LogP contribution in [0.3, 0.4) is 0 Å². The Morgan fingerprint density at radius 3 is 2.32 bits per heavy atom. The summed E-state index contributed by atoms with van der Waals surface area (Å²) in [4.78, 5) is 23.7. The van der Waals surface area contributed by atoms with Gasteiger partial charge in [-0.2, -0.15) is 0 Å². The number of carbonyl (C=O) groups is 2. The molecule has 2 aromatic carbocycles. The molecule has 0 aliphatic heterocycles. The lowest BCUT2D eigenvalue weighted by atomic mass is 10.1. The second-order valence-electron chi connectivity index (χ2n) is 4.61. The molecule has 0 radical (unpaired) electrons. The molecule has 0 unspecified atom stereocenters. The van der Waals surface area contributed by atoms with Gasteiger partial charge in [0.25, 0.3) is 0 Å². The standard InChI is InChI=1S/C17H15ClO4/c1-12(22-15-9-7-14(18)8-10-15)17(20)21-11-16(19)13-5-3-2-4-6-13/h2-10,12H,11H2,1H3/t12-/m0/s1. The zero-order valence-corrected chi connectivity index (χ0v) is 12.7. The molecule has 2 rings (SSSR count). The molecule has 0 bridgehead atoms. The van der Waals surface area contributed by atoms with Gasteiger partial charge in [0.15, 0.2) is 18.5 Å². The van der Waals surface area contributed by atoms with Crippen LogP contribution in [0.5, 0.6) is 5.75 Å². The fourth-order valence-electron chi connectivity index (χ4n) is 1.73. The maximum absolute atomic E-state index is 11.8. The second-order valence-corrected chi connectivity index (χ2v) is 5.05. The summed E-state index contributed by atoms with van der Waals surface area (Å²) < 4.78 is 10.4. The first-order chi connectivity index (χ1) is 10.6. The van der Waals surface area contributed by atoms with Crippen LogP contribution in [0.2, 0.25) is 5.02 Å². The molecule has 0 saturated heterocycles. The van der Waals surface area contributed by atoms with Crippen molar-refractivity contribution >= 4 is 23.4 Å². The van der Waals surface area contributed by atoms with Gasteiger partial charge in [0.1, 0.15) is 5.75 Å². The van der Waals surface area contributed by atoms with Crippen LogP contribution in [0, 0.1) is 0 Å². The molecule has 5 heteroatoms. The summed E-state index contributed by atoms with van der Waals surface area (Å²) in [5, 5.41) is 0.580. The molecule has 0 heterocycles. The largest absolute Gasteiger partial charge is 0.479 e. The van der Waals surface area contributed by atoms with Crippen LogP contribution in [0.15, 0.2) is 54.6 Å². The first kappa shape index (κ1) is 16.0. The van der Waals surface area contributed by atoms with E-state index in [1.165, 1.54) is 0 Å². The van der Waals surface area contributed by atoms with E-state index in [4.69, 9.17) is 21.1 Å². The molecule has 0 saturated carbocycles. The molecule has 0 amide bonds. The van der Waals surface area contributed by atoms with Gasteiger partial charge in [-0.1, -0.05) is 41.9 Å². The first-order valence-corrected chi connectivity index (χ1v) is 7.11. The number of halogens is 1. The van der Waals surface area contributed by atoms with E-state index in [2.05, 4.69) is 0 Å². The highest BCUT2D eigenvalue weighted by Crippen LogP contribution is 2.17. The predicted octanol–water partition coefficient (Wildman–Crippen LogP) is 3.53. The van der Waals surface area contributed by atoms with Crippen LogP contribution in [0.1, 0.15) is 17.3 Å². The van der Waals surface area contributed by atoms with E-state index < -0.39 is 12.1 Å². The lowest BCUT2D eigenvalue weighted by Gasteiger charge is -2.13. The molecule has 22 heavy (non-hydrogen) atoms. The fraction of sp³-hybridized carbons (Fsp3) is 0.176. The van der Waals surface area contributed by atoms with Crippen LogP contribution in [-0.4, -0.2) is 24.5 Å². The van der Waals surface area contributed by atoms with Crippen molar-refractivity contribution in [1.29, 1.82) is 0 Å². The zero-order valence-electron chi connectivity index (χ0n) is 12.0. The summed E-state index contributed by atoms with van der Waals surface area (Å²) in [7, 11) is 0. The van der Waals surface area contributed by atoms with Gasteiger partial charge in [-0.15, -0.1) is 0 Å². The molecule has 4 nitrogen and oxygen atoms in total. The van der Waals surface area contributed by atoms with Crippen molar-refractivity contribution in [1.82, 2.24) is 0 Å². The van der Waals surface area contributed by atoms with Gasteiger partial charge in [0.05, 0.1) is 0 Å². The summed E-state index contributed by atoms with van der Waals surface area (Å²) in [6.45, 7) is 1.25. The maximum Gasteiger partial charge on any atom is 0.347 e. The topological polar surface area (TPSA) is 52.6 Å². The van der Waals surface area contributed by atoms with Crippen molar-refractivity contribution in [3.8, 4) is 5.75 Å². The number of rotatable bonds is 6. The van der Waals surface area contributed by atoms with Gasteiger partial charge < -0.3 is 9.47 Å². The molecule has 0 N–H and O–H groups in total. The molecule has 0 fully saturated rings. The third kappa shape index (κ3) is 4.60. The van der Waals surface area contributed by atoms with Gasteiger partial charge in [-0.05, 0) is 31.2 Å². The van der Waals surface area contributed by atoms with Crippen molar-refractivity contribution in [3.05, 3.63) is 65.2 Å². The molecule has 1 atom stereocenters. The lowest BCUT2D eigenvalue weighted by Crippen LogP contribution is -2.28. The Morgan fingerprint density at radius 2 is 1.68 bits per heavy atom. The number of Topliss-reactive ketones (excluding diaryl/α,β-unsaturated/α-hetero) is 1. The number of hydrogen-bond acceptors (Lipinski definition) is 4. The number of carbonyl (C=O) groups excluding carboxylic acids is 2. The van der Waals surface area contributed by atoms with E-state index in [9.17, 15) is 9.59 Å². The van der Waals surface area contributed by atoms with Crippen LogP contribution in [0.4, 0.5) is 0 Å². The minimum Gasteiger partial charge on any atom is -0.479 e. The summed E-state index contributed by atoms with van der Waals surface area (Å²) in [6, 6.07) is 15.3. The summed E-state index contributed by atoms with van der Waals surface area (Å²) in [6.07, 6.45) is -0.815. The van der Waals surface area contributed by atoms with Crippen molar-refractivity contribution in [2.75, 3.05) is 6.61 Å². The van der Waals surface area contributed by atoms with Crippen LogP contribution in [0.25, 0.3) is 0 Å². The smallest absolute Gasteiger partial charge is 0.347 e. The Hall–Kier alpha value is -2.33. The Labute approximate surface area is 133 Å². The molecule has 0 aliphatic carbocycles. The number of benzene rings is 2. The summed E-state index contributed by atoms with van der Waals surface area (Å²) >= 11 is 5.77. The van der Waals surface area contributed by atoms with E-state index in [0.29, 0.717) is 16.3 Å². The molecule has 0 aromatic heterocycles. The molecular formula is C17H15ClO4. The zero-order chi connectivity index (χ0) is 15.9. The highest BCUT2D eigenvalue weighted by Gasteiger charge is 2.18. The van der Waals surface area contributed by atoms with Crippen LogP contribution < -0.4 is 4.74 Å².